The summed E-state index contributed by atoms with van der Waals surface area (Å²) in [4.78, 5) is 11.4. The highest BCUT2D eigenvalue weighted by Gasteiger charge is 2.05. The van der Waals surface area contributed by atoms with Crippen molar-refractivity contribution in [1.29, 1.82) is 0 Å². The van der Waals surface area contributed by atoms with Gasteiger partial charge in [-0.1, -0.05) is 66.2 Å². The molecule has 0 fully saturated rings. The maximum Gasteiger partial charge on any atom is 0.135 e. The van der Waals surface area contributed by atoms with Crippen molar-refractivity contribution < 1.29 is 6.22 Å². The standard InChI is InChI=1S/C17H35NO.H2/c1-15(2)17(19)13-11-9-7-5-6-8-10-12-14-18-16(3)4;/h15-16,18H,5-14H2,1-4H3;1H. The van der Waals surface area contributed by atoms with Crippen LogP contribution >= 0.6 is 0 Å². The van der Waals surface area contributed by atoms with Crippen molar-refractivity contribution in [2.45, 2.75) is 91.5 Å². The van der Waals surface area contributed by atoms with Gasteiger partial charge < -0.3 is 5.32 Å². The highest BCUT2D eigenvalue weighted by molar-refractivity contribution is 5.80. The molecule has 2 nitrogen and oxygen atoms in total. The molecule has 0 amide bonds. The molecule has 0 atom stereocenters. The normalized spacial score (nSPS) is 11.5. The maximum atomic E-state index is 11.4. The number of nitrogens with one attached hydrogen (secondary N) is 1. The third-order valence-electron chi connectivity index (χ3n) is 3.55. The summed E-state index contributed by atoms with van der Waals surface area (Å²) in [5, 5.41) is 3.45. The molecule has 0 aromatic rings. The Morgan fingerprint density at radius 1 is 0.842 bits per heavy atom. The number of hydrogen-bond donors (Lipinski definition) is 1. The second kappa shape index (κ2) is 12.7. The van der Waals surface area contributed by atoms with Gasteiger partial charge in [0.2, 0.25) is 0 Å². The van der Waals surface area contributed by atoms with Crippen molar-refractivity contribution in [2.24, 2.45) is 5.92 Å². The summed E-state index contributed by atoms with van der Waals surface area (Å²) in [6.45, 7) is 9.55. The van der Waals surface area contributed by atoms with Crippen molar-refractivity contribution in [3.8, 4) is 0 Å². The lowest BCUT2D eigenvalue weighted by atomic mass is 10.0. The summed E-state index contributed by atoms with van der Waals surface area (Å²) < 4.78 is 0. The van der Waals surface area contributed by atoms with E-state index in [4.69, 9.17) is 0 Å². The topological polar surface area (TPSA) is 29.1 Å². The number of Topliss-reactive ketones (excluding diaryl/α,β-unsaturated/α-hetero) is 1. The van der Waals surface area contributed by atoms with Crippen LogP contribution < -0.4 is 5.32 Å². The Labute approximate surface area is 122 Å². The molecule has 0 rings (SSSR count). The van der Waals surface area contributed by atoms with E-state index in [1.165, 1.54) is 44.9 Å². The summed E-state index contributed by atoms with van der Waals surface area (Å²) in [5.41, 5.74) is 0. The fourth-order valence-corrected chi connectivity index (χ4v) is 2.16. The Morgan fingerprint density at radius 3 is 1.79 bits per heavy atom. The van der Waals surface area contributed by atoms with Crippen LogP contribution in [0.3, 0.4) is 0 Å². The van der Waals surface area contributed by atoms with Gasteiger partial charge in [0.05, 0.1) is 0 Å². The first-order valence-electron chi connectivity index (χ1n) is 8.30. The zero-order valence-electron chi connectivity index (χ0n) is 13.6. The van der Waals surface area contributed by atoms with E-state index in [1.807, 2.05) is 13.8 Å². The zero-order chi connectivity index (χ0) is 14.5. The van der Waals surface area contributed by atoms with E-state index < -0.39 is 0 Å². The van der Waals surface area contributed by atoms with E-state index in [-0.39, 0.29) is 7.34 Å². The molecule has 116 valence electrons. The summed E-state index contributed by atoms with van der Waals surface area (Å²) in [6.07, 6.45) is 11.1. The summed E-state index contributed by atoms with van der Waals surface area (Å²) >= 11 is 0. The minimum Gasteiger partial charge on any atom is -0.315 e. The van der Waals surface area contributed by atoms with Gasteiger partial charge in [-0.25, -0.2) is 0 Å². The molecule has 0 radical (unpaired) electrons. The highest BCUT2D eigenvalue weighted by Crippen LogP contribution is 2.11. The molecule has 0 saturated carbocycles. The van der Waals surface area contributed by atoms with Gasteiger partial charge in [-0.05, 0) is 19.4 Å². The number of rotatable bonds is 13. The molecule has 0 aromatic heterocycles. The maximum absolute atomic E-state index is 11.4. The Morgan fingerprint density at radius 2 is 1.32 bits per heavy atom. The molecule has 0 aromatic carbocycles. The molecular weight excluding hydrogens is 234 g/mol. The van der Waals surface area contributed by atoms with Crippen molar-refractivity contribution >= 4 is 5.78 Å². The minimum atomic E-state index is 0. The predicted octanol–water partition coefficient (Wildman–Crippen LogP) is 4.97. The van der Waals surface area contributed by atoms with Crippen LogP contribution in [0.1, 0.15) is 86.9 Å². The van der Waals surface area contributed by atoms with E-state index in [1.54, 1.807) is 0 Å². The van der Waals surface area contributed by atoms with Crippen LogP contribution in [0.2, 0.25) is 0 Å². The molecule has 0 heterocycles. The minimum absolute atomic E-state index is 0. The second-order valence-electron chi connectivity index (χ2n) is 6.31. The molecule has 2 heteroatoms. The molecular formula is C17H37NO. The predicted molar refractivity (Wildman–Crippen MR) is 86.7 cm³/mol. The average molecular weight is 271 g/mol. The average Bonchev–Trinajstić information content (AvgIpc) is 2.35. The van der Waals surface area contributed by atoms with Crippen LogP contribution in [0.15, 0.2) is 0 Å². The fraction of sp³-hybridized carbons (Fsp3) is 0.941. The first-order valence-corrected chi connectivity index (χ1v) is 8.30. The molecule has 0 unspecified atom stereocenters. The Balaban J connectivity index is 0. The van der Waals surface area contributed by atoms with E-state index in [0.29, 0.717) is 11.8 Å². The van der Waals surface area contributed by atoms with Crippen molar-refractivity contribution in [1.82, 2.24) is 5.32 Å². The van der Waals surface area contributed by atoms with E-state index in [0.717, 1.165) is 19.4 Å². The third-order valence-corrected chi connectivity index (χ3v) is 3.55. The second-order valence-corrected chi connectivity index (χ2v) is 6.31. The van der Waals surface area contributed by atoms with Gasteiger partial charge in [0.15, 0.2) is 0 Å². The number of carbonyl (C=O) groups is 1. The summed E-state index contributed by atoms with van der Waals surface area (Å²) in [5.74, 6) is 0.650. The smallest absolute Gasteiger partial charge is 0.135 e. The molecule has 1 N–H and O–H groups in total. The van der Waals surface area contributed by atoms with Crippen molar-refractivity contribution in [2.75, 3.05) is 6.54 Å². The first-order chi connectivity index (χ1) is 9.04. The van der Waals surface area contributed by atoms with Crippen LogP contribution in [0.4, 0.5) is 0 Å². The summed E-state index contributed by atoms with van der Waals surface area (Å²) in [6, 6.07) is 0.619. The number of unbranched alkanes of at least 4 members (excludes halogenated alkanes) is 7. The lowest BCUT2D eigenvalue weighted by molar-refractivity contribution is -0.122. The van der Waals surface area contributed by atoms with E-state index in [9.17, 15) is 4.79 Å². The van der Waals surface area contributed by atoms with Gasteiger partial charge in [0, 0.05) is 19.8 Å². The van der Waals surface area contributed by atoms with E-state index >= 15 is 0 Å². The van der Waals surface area contributed by atoms with Gasteiger partial charge in [-0.2, -0.15) is 0 Å². The van der Waals surface area contributed by atoms with Crippen LogP contribution in [0, 0.1) is 5.92 Å². The Bertz CT molecular complexity index is 217. The SMILES string of the molecule is CC(C)NCCCCCCCCCCC(=O)C(C)C.[HH]. The van der Waals surface area contributed by atoms with Gasteiger partial charge in [-0.3, -0.25) is 4.79 Å². The molecule has 0 saturated heterocycles. The number of ketones is 1. The molecule has 0 aliphatic heterocycles. The first kappa shape index (κ1) is 18.6. The lowest BCUT2D eigenvalue weighted by Crippen LogP contribution is -2.23. The van der Waals surface area contributed by atoms with Crippen LogP contribution in [-0.4, -0.2) is 18.4 Å². The molecule has 19 heavy (non-hydrogen) atoms. The highest BCUT2D eigenvalue weighted by atomic mass is 16.1. The monoisotopic (exact) mass is 271 g/mol. The Hall–Kier alpha value is -0.370. The fourth-order valence-electron chi connectivity index (χ4n) is 2.16. The van der Waals surface area contributed by atoms with Crippen LogP contribution in [-0.2, 0) is 4.79 Å². The summed E-state index contributed by atoms with van der Waals surface area (Å²) in [7, 11) is 0. The van der Waals surface area contributed by atoms with Crippen LogP contribution in [0.5, 0.6) is 0 Å². The van der Waals surface area contributed by atoms with Gasteiger partial charge >= 0.3 is 0 Å². The van der Waals surface area contributed by atoms with E-state index in [2.05, 4.69) is 19.2 Å². The molecule has 0 bridgehead atoms. The van der Waals surface area contributed by atoms with Gasteiger partial charge in [0.1, 0.15) is 5.78 Å². The molecule has 0 spiro atoms. The van der Waals surface area contributed by atoms with Crippen molar-refractivity contribution in [3.05, 3.63) is 0 Å². The quantitative estimate of drug-likeness (QED) is 0.479. The Kier molecular flexibility index (Phi) is 12.4. The van der Waals surface area contributed by atoms with Gasteiger partial charge in [-0.15, -0.1) is 0 Å². The van der Waals surface area contributed by atoms with Gasteiger partial charge in [0.25, 0.3) is 0 Å². The number of carbonyl (C=O) groups excluding carboxylic acids is 1. The largest absolute Gasteiger partial charge is 0.315 e. The molecule has 0 aliphatic carbocycles. The molecule has 0 aliphatic rings. The van der Waals surface area contributed by atoms with Crippen molar-refractivity contribution in [3.63, 3.8) is 0 Å². The number of hydrogen-bond acceptors (Lipinski definition) is 2. The zero-order valence-corrected chi connectivity index (χ0v) is 13.6. The third kappa shape index (κ3) is 13.9. The lowest BCUT2D eigenvalue weighted by Gasteiger charge is -2.07. The van der Waals surface area contributed by atoms with Crippen LogP contribution in [0.25, 0.3) is 0 Å².